The number of thioether (sulfide) groups is 1. The highest BCUT2D eigenvalue weighted by molar-refractivity contribution is 7.99. The average molecular weight is 281 g/mol. The summed E-state index contributed by atoms with van der Waals surface area (Å²) in [6.45, 7) is 7.32. The number of methoxy groups -OCH3 is 1. The van der Waals surface area contributed by atoms with Crippen LogP contribution in [0.5, 0.6) is 0 Å². The van der Waals surface area contributed by atoms with Crippen LogP contribution in [0.1, 0.15) is 31.4 Å². The van der Waals surface area contributed by atoms with Gasteiger partial charge in [-0.05, 0) is 30.2 Å². The van der Waals surface area contributed by atoms with Crippen LogP contribution in [0.3, 0.4) is 0 Å². The summed E-state index contributed by atoms with van der Waals surface area (Å²) in [5.74, 6) is 0.609. The monoisotopic (exact) mass is 281 g/mol. The normalized spacial score (nSPS) is 10.8. The maximum absolute atomic E-state index is 11.0. The molecule has 0 saturated carbocycles. The van der Waals surface area contributed by atoms with Crippen molar-refractivity contribution in [1.29, 1.82) is 0 Å². The molecule has 0 atom stereocenters. The number of hydrogen-bond donors (Lipinski definition) is 1. The molecule has 1 N–H and O–H groups in total. The first-order valence-corrected chi connectivity index (χ1v) is 7.54. The Balaban J connectivity index is 2.49. The fourth-order valence-electron chi connectivity index (χ4n) is 1.62. The summed E-state index contributed by atoms with van der Waals surface area (Å²) in [5.41, 5.74) is 2.61. The minimum absolute atomic E-state index is 0.151. The number of esters is 1. The molecular formula is C15H23NO2S. The van der Waals surface area contributed by atoms with Crippen molar-refractivity contribution in [3.05, 3.63) is 29.3 Å². The highest BCUT2D eigenvalue weighted by Gasteiger charge is 2.04. The Bertz CT molecular complexity index is 419. The summed E-state index contributed by atoms with van der Waals surface area (Å²) in [4.78, 5) is 12.2. The van der Waals surface area contributed by atoms with E-state index < -0.39 is 0 Å². The second-order valence-electron chi connectivity index (χ2n) is 4.80. The van der Waals surface area contributed by atoms with Gasteiger partial charge in [0, 0.05) is 23.2 Å². The van der Waals surface area contributed by atoms with Crippen LogP contribution in [0, 0.1) is 6.92 Å². The minimum atomic E-state index is -0.151. The lowest BCUT2D eigenvalue weighted by Gasteiger charge is -2.11. The van der Waals surface area contributed by atoms with Gasteiger partial charge in [-0.1, -0.05) is 19.9 Å². The van der Waals surface area contributed by atoms with E-state index in [2.05, 4.69) is 49.0 Å². The Labute approximate surface area is 120 Å². The van der Waals surface area contributed by atoms with Crippen LogP contribution in [0.15, 0.2) is 23.1 Å². The molecule has 19 heavy (non-hydrogen) atoms. The zero-order valence-corrected chi connectivity index (χ0v) is 13.0. The smallest absolute Gasteiger partial charge is 0.306 e. The lowest BCUT2D eigenvalue weighted by molar-refractivity contribution is -0.140. The number of aryl methyl sites for hydroxylation is 1. The number of rotatable bonds is 7. The van der Waals surface area contributed by atoms with Crippen molar-refractivity contribution in [1.82, 2.24) is 5.32 Å². The summed E-state index contributed by atoms with van der Waals surface area (Å²) >= 11 is 1.69. The van der Waals surface area contributed by atoms with Crippen LogP contribution in [-0.4, -0.2) is 24.9 Å². The van der Waals surface area contributed by atoms with Gasteiger partial charge < -0.3 is 10.1 Å². The van der Waals surface area contributed by atoms with Gasteiger partial charge in [0.15, 0.2) is 0 Å². The fraction of sp³-hybridized carbons (Fsp3) is 0.533. The molecule has 4 heteroatoms. The topological polar surface area (TPSA) is 38.3 Å². The highest BCUT2D eigenvalue weighted by atomic mass is 32.2. The Morgan fingerprint density at radius 3 is 2.74 bits per heavy atom. The van der Waals surface area contributed by atoms with Crippen molar-refractivity contribution in [2.24, 2.45) is 0 Å². The third-order valence-corrected chi connectivity index (χ3v) is 3.81. The Morgan fingerprint density at radius 1 is 1.42 bits per heavy atom. The molecule has 106 valence electrons. The van der Waals surface area contributed by atoms with Crippen LogP contribution >= 0.6 is 11.8 Å². The maximum Gasteiger partial charge on any atom is 0.306 e. The third-order valence-electron chi connectivity index (χ3n) is 2.82. The van der Waals surface area contributed by atoms with Gasteiger partial charge in [0.1, 0.15) is 0 Å². The molecule has 0 radical (unpaired) electrons. The van der Waals surface area contributed by atoms with Crippen molar-refractivity contribution in [2.45, 2.75) is 44.7 Å². The molecule has 0 aliphatic carbocycles. The number of carbonyl (C=O) groups is 1. The molecule has 0 bridgehead atoms. The lowest BCUT2D eigenvalue weighted by Crippen LogP contribution is -2.22. The van der Waals surface area contributed by atoms with E-state index in [0.717, 1.165) is 12.3 Å². The van der Waals surface area contributed by atoms with E-state index in [1.165, 1.54) is 23.1 Å². The molecule has 0 heterocycles. The summed E-state index contributed by atoms with van der Waals surface area (Å²) in [6, 6.07) is 6.95. The molecule has 1 aromatic rings. The van der Waals surface area contributed by atoms with Crippen LogP contribution in [0.2, 0.25) is 0 Å². The van der Waals surface area contributed by atoms with Gasteiger partial charge in [0.2, 0.25) is 0 Å². The zero-order chi connectivity index (χ0) is 14.3. The molecule has 0 aliphatic heterocycles. The number of hydrogen-bond acceptors (Lipinski definition) is 4. The Hall–Kier alpha value is -1.00. The Kier molecular flexibility index (Phi) is 6.95. The Morgan fingerprint density at radius 2 is 2.16 bits per heavy atom. The van der Waals surface area contributed by atoms with Gasteiger partial charge in [-0.2, -0.15) is 0 Å². The van der Waals surface area contributed by atoms with Gasteiger partial charge >= 0.3 is 5.97 Å². The van der Waals surface area contributed by atoms with Crippen molar-refractivity contribution < 1.29 is 9.53 Å². The molecule has 0 aliphatic rings. The largest absolute Gasteiger partial charge is 0.469 e. The van der Waals surface area contributed by atoms with Crippen molar-refractivity contribution in [3.8, 4) is 0 Å². The summed E-state index contributed by atoms with van der Waals surface area (Å²) in [6.07, 6.45) is 0.455. The van der Waals surface area contributed by atoms with Crippen LogP contribution in [0.25, 0.3) is 0 Å². The predicted octanol–water partition coefficient (Wildman–Crippen LogP) is 3.15. The fourth-order valence-corrected chi connectivity index (χ4v) is 2.55. The molecule has 1 aromatic carbocycles. The average Bonchev–Trinajstić information content (AvgIpc) is 2.37. The highest BCUT2D eigenvalue weighted by Crippen LogP contribution is 2.22. The minimum Gasteiger partial charge on any atom is -0.469 e. The van der Waals surface area contributed by atoms with Gasteiger partial charge in [-0.3, -0.25) is 4.79 Å². The molecule has 3 nitrogen and oxygen atoms in total. The molecule has 0 saturated heterocycles. The molecular weight excluding hydrogens is 258 g/mol. The number of carbonyl (C=O) groups excluding carboxylic acids is 1. The lowest BCUT2D eigenvalue weighted by atomic mass is 10.1. The maximum atomic E-state index is 11.0. The zero-order valence-electron chi connectivity index (χ0n) is 12.2. The molecule has 0 unspecified atom stereocenters. The molecule has 0 aromatic heterocycles. The van der Waals surface area contributed by atoms with Crippen molar-refractivity contribution >= 4 is 17.7 Å². The van der Waals surface area contributed by atoms with Crippen molar-refractivity contribution in [3.63, 3.8) is 0 Å². The first kappa shape index (κ1) is 16.1. The van der Waals surface area contributed by atoms with Crippen molar-refractivity contribution in [2.75, 3.05) is 12.9 Å². The number of ether oxygens (including phenoxy) is 1. The molecule has 1 rings (SSSR count). The summed E-state index contributed by atoms with van der Waals surface area (Å²) in [5, 5.41) is 3.42. The van der Waals surface area contributed by atoms with Crippen LogP contribution in [0.4, 0.5) is 0 Å². The van der Waals surface area contributed by atoms with E-state index in [9.17, 15) is 4.79 Å². The van der Waals surface area contributed by atoms with E-state index in [-0.39, 0.29) is 5.97 Å². The van der Waals surface area contributed by atoms with E-state index >= 15 is 0 Å². The van der Waals surface area contributed by atoms with E-state index in [1.807, 2.05) is 0 Å². The standard InChI is InChI=1S/C15H23NO2S/c1-11(2)16-10-13-5-6-14(9-12(13)3)19-8-7-15(17)18-4/h5-6,9,11,16H,7-8,10H2,1-4H3. The number of benzene rings is 1. The van der Waals surface area contributed by atoms with Gasteiger partial charge in [-0.15, -0.1) is 11.8 Å². The van der Waals surface area contributed by atoms with Crippen LogP contribution in [-0.2, 0) is 16.1 Å². The van der Waals surface area contributed by atoms with E-state index in [0.29, 0.717) is 12.5 Å². The second-order valence-corrected chi connectivity index (χ2v) is 5.97. The van der Waals surface area contributed by atoms with Crippen LogP contribution < -0.4 is 5.32 Å². The second kappa shape index (κ2) is 8.23. The number of nitrogens with one attached hydrogen (secondary N) is 1. The van der Waals surface area contributed by atoms with Gasteiger partial charge in [0.05, 0.1) is 13.5 Å². The molecule has 0 spiro atoms. The first-order valence-electron chi connectivity index (χ1n) is 6.55. The van der Waals surface area contributed by atoms with Gasteiger partial charge in [-0.25, -0.2) is 0 Å². The van der Waals surface area contributed by atoms with E-state index in [4.69, 9.17) is 0 Å². The summed E-state index contributed by atoms with van der Waals surface area (Å²) < 4.78 is 4.62. The van der Waals surface area contributed by atoms with Gasteiger partial charge in [0.25, 0.3) is 0 Å². The quantitative estimate of drug-likeness (QED) is 0.615. The third kappa shape index (κ3) is 6.12. The molecule has 0 amide bonds. The first-order chi connectivity index (χ1) is 9.02. The predicted molar refractivity (Wildman–Crippen MR) is 80.5 cm³/mol. The van der Waals surface area contributed by atoms with E-state index in [1.54, 1.807) is 11.8 Å². The SMILES string of the molecule is COC(=O)CCSc1ccc(CNC(C)C)c(C)c1. The summed E-state index contributed by atoms with van der Waals surface area (Å²) in [7, 11) is 1.42. The molecule has 0 fully saturated rings.